The van der Waals surface area contributed by atoms with E-state index in [2.05, 4.69) is 27.8 Å². The second-order valence-electron chi connectivity index (χ2n) is 5.29. The van der Waals surface area contributed by atoms with E-state index in [0.29, 0.717) is 23.6 Å². The van der Waals surface area contributed by atoms with E-state index in [1.807, 2.05) is 4.90 Å². The van der Waals surface area contributed by atoms with Gasteiger partial charge in [0.15, 0.2) is 10.4 Å². The number of piperidine rings is 1. The minimum Gasteiger partial charge on any atom is -0.444 e. The summed E-state index contributed by atoms with van der Waals surface area (Å²) in [5.41, 5.74) is -0.429. The summed E-state index contributed by atoms with van der Waals surface area (Å²) in [6.07, 6.45) is 1.74. The first kappa shape index (κ1) is 14.1. The highest BCUT2D eigenvalue weighted by atomic mass is 79.9. The fraction of sp³-hybridized carbons (Fsp3) is 0.643. The molecule has 3 rings (SSSR count). The summed E-state index contributed by atoms with van der Waals surface area (Å²) in [6, 6.07) is 3.45. The Morgan fingerprint density at radius 3 is 2.70 bits per heavy atom. The summed E-state index contributed by atoms with van der Waals surface area (Å²) in [6.45, 7) is 6.42. The van der Waals surface area contributed by atoms with Gasteiger partial charge in [0.25, 0.3) is 5.91 Å². The Labute approximate surface area is 127 Å². The van der Waals surface area contributed by atoms with Gasteiger partial charge in [0, 0.05) is 32.5 Å². The largest absolute Gasteiger partial charge is 0.444 e. The molecule has 6 heteroatoms. The third-order valence-electron chi connectivity index (χ3n) is 4.29. The van der Waals surface area contributed by atoms with Gasteiger partial charge < -0.3 is 19.0 Å². The van der Waals surface area contributed by atoms with E-state index in [0.717, 1.165) is 32.5 Å². The molecular formula is C14H19BrN2O3. The molecule has 0 unspecified atom stereocenters. The minimum atomic E-state index is -0.429. The molecule has 0 radical (unpaired) electrons. The van der Waals surface area contributed by atoms with Gasteiger partial charge in [-0.15, -0.1) is 0 Å². The number of ether oxygens (including phenoxy) is 1. The number of hydrogen-bond donors (Lipinski definition) is 0. The van der Waals surface area contributed by atoms with Crippen LogP contribution in [0.5, 0.6) is 0 Å². The molecule has 0 atom stereocenters. The van der Waals surface area contributed by atoms with Gasteiger partial charge in [-0.05, 0) is 34.6 Å². The Balaban J connectivity index is 1.77. The Hall–Kier alpha value is -0.850. The van der Waals surface area contributed by atoms with E-state index in [1.165, 1.54) is 0 Å². The van der Waals surface area contributed by atoms with Crippen molar-refractivity contribution in [1.82, 2.24) is 9.80 Å². The van der Waals surface area contributed by atoms with Crippen LogP contribution in [0.25, 0.3) is 0 Å². The molecule has 0 aromatic carbocycles. The van der Waals surface area contributed by atoms with Gasteiger partial charge in [0.1, 0.15) is 5.72 Å². The number of nitrogens with zero attached hydrogens (tertiary/aromatic N) is 2. The predicted molar refractivity (Wildman–Crippen MR) is 77.5 cm³/mol. The third-order valence-corrected chi connectivity index (χ3v) is 4.72. The van der Waals surface area contributed by atoms with Crippen LogP contribution in [0.15, 0.2) is 21.2 Å². The maximum Gasteiger partial charge on any atom is 0.291 e. The van der Waals surface area contributed by atoms with Crippen LogP contribution in [0.3, 0.4) is 0 Å². The van der Waals surface area contributed by atoms with E-state index < -0.39 is 5.72 Å². The van der Waals surface area contributed by atoms with Crippen LogP contribution in [0, 0.1) is 0 Å². The molecule has 2 saturated heterocycles. The van der Waals surface area contributed by atoms with Crippen molar-refractivity contribution in [3.8, 4) is 0 Å². The monoisotopic (exact) mass is 342 g/mol. The first-order valence-corrected chi connectivity index (χ1v) is 7.87. The van der Waals surface area contributed by atoms with E-state index in [-0.39, 0.29) is 5.91 Å². The molecular weight excluding hydrogens is 324 g/mol. The number of carbonyl (C=O) groups excluding carboxylic acids is 1. The van der Waals surface area contributed by atoms with E-state index >= 15 is 0 Å². The Morgan fingerprint density at radius 1 is 1.35 bits per heavy atom. The topological polar surface area (TPSA) is 45.9 Å². The fourth-order valence-electron chi connectivity index (χ4n) is 3.09. The van der Waals surface area contributed by atoms with Crippen LogP contribution in [0.4, 0.5) is 0 Å². The highest BCUT2D eigenvalue weighted by Crippen LogP contribution is 2.35. The summed E-state index contributed by atoms with van der Waals surface area (Å²) in [4.78, 5) is 16.8. The molecule has 0 aliphatic carbocycles. The summed E-state index contributed by atoms with van der Waals surface area (Å²) in [5, 5.41) is 0. The summed E-state index contributed by atoms with van der Waals surface area (Å²) < 4.78 is 11.9. The lowest BCUT2D eigenvalue weighted by molar-refractivity contribution is -0.105. The molecule has 0 N–H and O–H groups in total. The van der Waals surface area contributed by atoms with Gasteiger partial charge in [-0.3, -0.25) is 4.79 Å². The van der Waals surface area contributed by atoms with Crippen molar-refractivity contribution in [2.45, 2.75) is 25.5 Å². The lowest BCUT2D eigenvalue weighted by Gasteiger charge is -2.43. The van der Waals surface area contributed by atoms with E-state index in [4.69, 9.17) is 9.15 Å². The third kappa shape index (κ3) is 2.40. The average molecular weight is 343 g/mol. The summed E-state index contributed by atoms with van der Waals surface area (Å²) in [5.74, 6) is 0.304. The standard InChI is InChI=1S/C14H19BrN2O3/c1-2-16-7-5-14(6-8-16)17(9-10-19-14)13(18)11-3-4-12(15)20-11/h3-4H,2,5-10H2,1H3. The van der Waals surface area contributed by atoms with Crippen LogP contribution in [0.1, 0.15) is 30.3 Å². The van der Waals surface area contributed by atoms with Crippen molar-refractivity contribution in [3.63, 3.8) is 0 Å². The number of furan rings is 1. The summed E-state index contributed by atoms with van der Waals surface area (Å²) >= 11 is 3.24. The molecule has 2 aliphatic heterocycles. The van der Waals surface area contributed by atoms with Crippen LogP contribution in [-0.2, 0) is 4.74 Å². The zero-order chi connectivity index (χ0) is 14.2. The Kier molecular flexibility index (Phi) is 3.88. The lowest BCUT2D eigenvalue weighted by atomic mass is 9.98. The second-order valence-corrected chi connectivity index (χ2v) is 6.07. The maximum atomic E-state index is 12.6. The number of likely N-dealkylation sites (tertiary alicyclic amines) is 1. The zero-order valence-corrected chi connectivity index (χ0v) is 13.2. The molecule has 3 heterocycles. The molecule has 0 bridgehead atoms. The van der Waals surface area contributed by atoms with Gasteiger partial charge in [-0.2, -0.15) is 0 Å². The molecule has 2 fully saturated rings. The maximum absolute atomic E-state index is 12.6. The van der Waals surface area contributed by atoms with Crippen molar-refractivity contribution >= 4 is 21.8 Å². The molecule has 20 heavy (non-hydrogen) atoms. The Bertz CT molecular complexity index is 494. The van der Waals surface area contributed by atoms with E-state index in [1.54, 1.807) is 12.1 Å². The van der Waals surface area contributed by atoms with Crippen LogP contribution < -0.4 is 0 Å². The first-order chi connectivity index (χ1) is 9.64. The second kappa shape index (κ2) is 5.50. The van der Waals surface area contributed by atoms with Crippen molar-refractivity contribution < 1.29 is 13.9 Å². The predicted octanol–water partition coefficient (Wildman–Crippen LogP) is 2.33. The van der Waals surface area contributed by atoms with E-state index in [9.17, 15) is 4.79 Å². The van der Waals surface area contributed by atoms with Crippen molar-refractivity contribution in [3.05, 3.63) is 22.6 Å². The molecule has 110 valence electrons. The molecule has 1 aromatic heterocycles. The quantitative estimate of drug-likeness (QED) is 0.827. The number of halogens is 1. The van der Waals surface area contributed by atoms with Gasteiger partial charge in [0.2, 0.25) is 0 Å². The molecule has 1 aromatic rings. The first-order valence-electron chi connectivity index (χ1n) is 7.08. The zero-order valence-electron chi connectivity index (χ0n) is 11.6. The van der Waals surface area contributed by atoms with Crippen molar-refractivity contribution in [2.75, 3.05) is 32.8 Å². The average Bonchev–Trinajstić information content (AvgIpc) is 3.06. The van der Waals surface area contributed by atoms with Gasteiger partial charge in [-0.1, -0.05) is 6.92 Å². The molecule has 1 amide bonds. The van der Waals surface area contributed by atoms with Crippen molar-refractivity contribution in [2.24, 2.45) is 0 Å². The van der Waals surface area contributed by atoms with Gasteiger partial charge in [0.05, 0.1) is 6.61 Å². The fourth-order valence-corrected chi connectivity index (χ4v) is 3.40. The molecule has 2 aliphatic rings. The van der Waals surface area contributed by atoms with Crippen LogP contribution in [-0.4, -0.2) is 54.2 Å². The summed E-state index contributed by atoms with van der Waals surface area (Å²) in [7, 11) is 0. The molecule has 1 spiro atoms. The minimum absolute atomic E-state index is 0.0712. The highest BCUT2D eigenvalue weighted by molar-refractivity contribution is 9.10. The Morgan fingerprint density at radius 2 is 2.10 bits per heavy atom. The lowest BCUT2D eigenvalue weighted by Crippen LogP contribution is -2.54. The number of carbonyl (C=O) groups is 1. The number of hydrogen-bond acceptors (Lipinski definition) is 4. The molecule has 5 nitrogen and oxygen atoms in total. The SMILES string of the molecule is CCN1CCC2(CC1)OCCN2C(=O)c1ccc(Br)o1. The number of rotatable bonds is 2. The number of amides is 1. The van der Waals surface area contributed by atoms with Crippen LogP contribution in [0.2, 0.25) is 0 Å². The smallest absolute Gasteiger partial charge is 0.291 e. The normalized spacial score (nSPS) is 22.6. The van der Waals surface area contributed by atoms with Gasteiger partial charge >= 0.3 is 0 Å². The molecule has 0 saturated carbocycles. The highest BCUT2D eigenvalue weighted by Gasteiger charge is 2.47. The van der Waals surface area contributed by atoms with Crippen LogP contribution >= 0.6 is 15.9 Å². The van der Waals surface area contributed by atoms with Gasteiger partial charge in [-0.25, -0.2) is 0 Å². The van der Waals surface area contributed by atoms with Crippen molar-refractivity contribution in [1.29, 1.82) is 0 Å².